The van der Waals surface area contributed by atoms with E-state index in [-0.39, 0.29) is 12.5 Å². The number of rotatable bonds is 4. The average molecular weight is 300 g/mol. The molecule has 0 bridgehead atoms. The van der Waals surface area contributed by atoms with E-state index in [1.54, 1.807) is 12.1 Å². The minimum Gasteiger partial charge on any atom is -0.330 e. The molecule has 118 valence electrons. The zero-order valence-corrected chi connectivity index (χ0v) is 12.2. The third-order valence-corrected chi connectivity index (χ3v) is 4.17. The standard InChI is InChI=1S/C16H23F3N2/c17-16(18,19)15-8-4-3-7-14(15)13(11-20)12-21-9-5-1-2-6-10-21/h3-4,7-8,13H,1-2,5-6,9-12,20H2. The maximum Gasteiger partial charge on any atom is 0.416 e. The molecule has 2 nitrogen and oxygen atoms in total. The Morgan fingerprint density at radius 3 is 2.24 bits per heavy atom. The zero-order chi connectivity index (χ0) is 15.3. The van der Waals surface area contributed by atoms with Crippen LogP contribution < -0.4 is 5.73 Å². The normalized spacial score (nSPS) is 19.2. The lowest BCUT2D eigenvalue weighted by Crippen LogP contribution is -2.33. The van der Waals surface area contributed by atoms with E-state index in [9.17, 15) is 13.2 Å². The molecule has 1 unspecified atom stereocenters. The van der Waals surface area contributed by atoms with Gasteiger partial charge < -0.3 is 10.6 Å². The number of nitrogens with zero attached hydrogens (tertiary/aromatic N) is 1. The monoisotopic (exact) mass is 300 g/mol. The lowest BCUT2D eigenvalue weighted by molar-refractivity contribution is -0.138. The van der Waals surface area contributed by atoms with Gasteiger partial charge in [0, 0.05) is 19.0 Å². The second kappa shape index (κ2) is 7.27. The number of hydrogen-bond acceptors (Lipinski definition) is 2. The van der Waals surface area contributed by atoms with Crippen LogP contribution in [-0.2, 0) is 6.18 Å². The number of halogens is 3. The highest BCUT2D eigenvalue weighted by Crippen LogP contribution is 2.35. The summed E-state index contributed by atoms with van der Waals surface area (Å²) < 4.78 is 39.4. The molecule has 0 aromatic heterocycles. The molecule has 1 saturated heterocycles. The van der Waals surface area contributed by atoms with Crippen LogP contribution in [0.1, 0.15) is 42.7 Å². The van der Waals surface area contributed by atoms with Gasteiger partial charge in [-0.25, -0.2) is 0 Å². The minimum absolute atomic E-state index is 0.240. The summed E-state index contributed by atoms with van der Waals surface area (Å²) in [5.41, 5.74) is 5.56. The average Bonchev–Trinajstić information content (AvgIpc) is 2.72. The maximum absolute atomic E-state index is 13.1. The van der Waals surface area contributed by atoms with Crippen LogP contribution in [0.5, 0.6) is 0 Å². The Labute approximate surface area is 124 Å². The molecule has 0 spiro atoms. The first kappa shape index (κ1) is 16.3. The van der Waals surface area contributed by atoms with Crippen LogP contribution in [0.2, 0.25) is 0 Å². The van der Waals surface area contributed by atoms with Crippen molar-refractivity contribution < 1.29 is 13.2 Å². The van der Waals surface area contributed by atoms with Gasteiger partial charge in [0.2, 0.25) is 0 Å². The molecule has 0 aliphatic carbocycles. The zero-order valence-electron chi connectivity index (χ0n) is 12.2. The van der Waals surface area contributed by atoms with Crippen molar-refractivity contribution in [3.05, 3.63) is 35.4 Å². The molecular weight excluding hydrogens is 277 g/mol. The van der Waals surface area contributed by atoms with Crippen LogP contribution in [-0.4, -0.2) is 31.1 Å². The van der Waals surface area contributed by atoms with Crippen LogP contribution in [0.15, 0.2) is 24.3 Å². The summed E-state index contributed by atoms with van der Waals surface area (Å²) >= 11 is 0. The van der Waals surface area contributed by atoms with Gasteiger partial charge in [-0.3, -0.25) is 0 Å². The first-order valence-corrected chi connectivity index (χ1v) is 7.61. The molecule has 1 aliphatic rings. The van der Waals surface area contributed by atoms with Gasteiger partial charge in [0.15, 0.2) is 0 Å². The largest absolute Gasteiger partial charge is 0.416 e. The van der Waals surface area contributed by atoms with E-state index in [0.717, 1.165) is 32.0 Å². The number of nitrogens with two attached hydrogens (primary N) is 1. The van der Waals surface area contributed by atoms with Crippen LogP contribution in [0.25, 0.3) is 0 Å². The Morgan fingerprint density at radius 1 is 1.05 bits per heavy atom. The molecule has 0 amide bonds. The van der Waals surface area contributed by atoms with Crippen molar-refractivity contribution in [1.29, 1.82) is 0 Å². The van der Waals surface area contributed by atoms with E-state index in [4.69, 9.17) is 5.73 Å². The van der Waals surface area contributed by atoms with Crippen molar-refractivity contribution in [2.75, 3.05) is 26.2 Å². The Bertz CT molecular complexity index is 437. The van der Waals surface area contributed by atoms with Crippen LogP contribution in [0, 0.1) is 0 Å². The van der Waals surface area contributed by atoms with Crippen molar-refractivity contribution in [2.24, 2.45) is 5.73 Å². The molecular formula is C16H23F3N2. The molecule has 0 radical (unpaired) electrons. The van der Waals surface area contributed by atoms with E-state index in [1.165, 1.54) is 18.9 Å². The van der Waals surface area contributed by atoms with Crippen molar-refractivity contribution in [1.82, 2.24) is 4.90 Å². The molecule has 21 heavy (non-hydrogen) atoms. The number of benzene rings is 1. The SMILES string of the molecule is NCC(CN1CCCCCC1)c1ccccc1C(F)(F)F. The fourth-order valence-electron chi connectivity index (χ4n) is 3.04. The molecule has 5 heteroatoms. The Morgan fingerprint density at radius 2 is 1.67 bits per heavy atom. The number of hydrogen-bond donors (Lipinski definition) is 1. The highest BCUT2D eigenvalue weighted by atomic mass is 19.4. The molecule has 1 fully saturated rings. The molecule has 2 rings (SSSR count). The molecule has 0 saturated carbocycles. The predicted molar refractivity (Wildman–Crippen MR) is 78.1 cm³/mol. The van der Waals surface area contributed by atoms with Crippen LogP contribution >= 0.6 is 0 Å². The Kier molecular flexibility index (Phi) is 5.65. The van der Waals surface area contributed by atoms with E-state index in [1.807, 2.05) is 0 Å². The lowest BCUT2D eigenvalue weighted by atomic mass is 9.93. The van der Waals surface area contributed by atoms with Crippen LogP contribution in [0.3, 0.4) is 0 Å². The summed E-state index contributed by atoms with van der Waals surface area (Å²) in [6, 6.07) is 5.82. The van der Waals surface area contributed by atoms with Gasteiger partial charge in [0.25, 0.3) is 0 Å². The van der Waals surface area contributed by atoms with E-state index >= 15 is 0 Å². The fraction of sp³-hybridized carbons (Fsp3) is 0.625. The number of alkyl halides is 3. The first-order valence-electron chi connectivity index (χ1n) is 7.61. The third-order valence-electron chi connectivity index (χ3n) is 4.17. The van der Waals surface area contributed by atoms with Gasteiger partial charge in [0.1, 0.15) is 0 Å². The topological polar surface area (TPSA) is 29.3 Å². The van der Waals surface area contributed by atoms with Gasteiger partial charge in [-0.1, -0.05) is 31.0 Å². The fourth-order valence-corrected chi connectivity index (χ4v) is 3.04. The second-order valence-electron chi connectivity index (χ2n) is 5.73. The van der Waals surface area contributed by atoms with E-state index < -0.39 is 11.7 Å². The third kappa shape index (κ3) is 4.45. The second-order valence-corrected chi connectivity index (χ2v) is 5.73. The smallest absolute Gasteiger partial charge is 0.330 e. The Hall–Kier alpha value is -1.07. The minimum atomic E-state index is -4.32. The summed E-state index contributed by atoms with van der Waals surface area (Å²) in [6.45, 7) is 2.78. The molecule has 1 aliphatic heterocycles. The van der Waals surface area contributed by atoms with Crippen LogP contribution in [0.4, 0.5) is 13.2 Å². The maximum atomic E-state index is 13.1. The van der Waals surface area contributed by atoms with Gasteiger partial charge in [-0.2, -0.15) is 13.2 Å². The quantitative estimate of drug-likeness (QED) is 0.920. The van der Waals surface area contributed by atoms with Gasteiger partial charge in [-0.15, -0.1) is 0 Å². The van der Waals surface area contributed by atoms with Crippen molar-refractivity contribution in [3.63, 3.8) is 0 Å². The van der Waals surface area contributed by atoms with E-state index in [0.29, 0.717) is 12.1 Å². The highest BCUT2D eigenvalue weighted by molar-refractivity contribution is 5.33. The summed E-state index contributed by atoms with van der Waals surface area (Å²) in [5.74, 6) is -0.263. The van der Waals surface area contributed by atoms with Gasteiger partial charge in [0.05, 0.1) is 5.56 Å². The summed E-state index contributed by atoms with van der Waals surface area (Å²) in [6.07, 6.45) is 0.352. The van der Waals surface area contributed by atoms with Gasteiger partial charge >= 0.3 is 6.18 Å². The molecule has 2 N–H and O–H groups in total. The van der Waals surface area contributed by atoms with Crippen molar-refractivity contribution in [2.45, 2.75) is 37.8 Å². The van der Waals surface area contributed by atoms with Crippen molar-refractivity contribution >= 4 is 0 Å². The predicted octanol–water partition coefficient (Wildman–Crippen LogP) is 3.62. The first-order chi connectivity index (χ1) is 10.0. The summed E-state index contributed by atoms with van der Waals surface area (Å²) in [7, 11) is 0. The number of likely N-dealkylation sites (tertiary alicyclic amines) is 1. The van der Waals surface area contributed by atoms with E-state index in [2.05, 4.69) is 4.90 Å². The highest BCUT2D eigenvalue weighted by Gasteiger charge is 2.35. The van der Waals surface area contributed by atoms with Gasteiger partial charge in [-0.05, 0) is 37.6 Å². The summed E-state index contributed by atoms with van der Waals surface area (Å²) in [4.78, 5) is 2.26. The molecule has 1 aromatic rings. The molecule has 1 aromatic carbocycles. The lowest BCUT2D eigenvalue weighted by Gasteiger charge is -2.27. The molecule has 1 heterocycles. The summed E-state index contributed by atoms with van der Waals surface area (Å²) in [5, 5.41) is 0. The Balaban J connectivity index is 2.17. The molecule has 1 atom stereocenters. The van der Waals surface area contributed by atoms with Crippen molar-refractivity contribution in [3.8, 4) is 0 Å².